The summed E-state index contributed by atoms with van der Waals surface area (Å²) in [6.45, 7) is 32.6. The van der Waals surface area contributed by atoms with Crippen LogP contribution in [0.25, 0.3) is 33.4 Å². The average molecular weight is 1330 g/mol. The lowest BCUT2D eigenvalue weighted by Crippen LogP contribution is -2.66. The van der Waals surface area contributed by atoms with E-state index in [2.05, 4.69) is 284 Å². The van der Waals surface area contributed by atoms with E-state index in [0.717, 1.165) is 146 Å². The predicted octanol–water partition coefficient (Wildman–Crippen LogP) is 17.7. The van der Waals surface area contributed by atoms with Gasteiger partial charge in [-0.25, -0.2) is 0 Å². The van der Waals surface area contributed by atoms with E-state index in [0.29, 0.717) is 0 Å². The van der Waals surface area contributed by atoms with Crippen LogP contribution in [0.2, 0.25) is 0 Å². The molecule has 0 saturated heterocycles. The van der Waals surface area contributed by atoms with E-state index in [4.69, 9.17) is 28.4 Å². The van der Waals surface area contributed by atoms with E-state index in [9.17, 15) is 0 Å². The van der Waals surface area contributed by atoms with E-state index in [-0.39, 0.29) is 32.3 Å². The number of aryl methyl sites for hydroxylation is 15. The molecule has 8 nitrogen and oxygen atoms in total. The number of rotatable bonds is 5. The molecule has 0 spiro atoms. The van der Waals surface area contributed by atoms with E-state index >= 15 is 0 Å². The molecule has 0 radical (unpaired) electrons. The van der Waals surface area contributed by atoms with Crippen molar-refractivity contribution in [3.63, 3.8) is 0 Å². The van der Waals surface area contributed by atoms with Crippen LogP contribution in [0.4, 0.5) is 34.1 Å². The van der Waals surface area contributed by atoms with Gasteiger partial charge in [0, 0.05) is 51.5 Å². The lowest BCUT2D eigenvalue weighted by atomic mass is 9.29. The van der Waals surface area contributed by atoms with Crippen LogP contribution in [0.1, 0.15) is 107 Å². The quantitative estimate of drug-likeness (QED) is 0.158. The Bertz CT molecular complexity index is 5720. The summed E-state index contributed by atoms with van der Waals surface area (Å²) in [6, 6.07) is 63.3. The van der Waals surface area contributed by atoms with Gasteiger partial charge in [-0.1, -0.05) is 137 Å². The molecular formula is C91H77B3N2O6. The molecule has 8 aliphatic heterocycles. The normalized spacial score (nSPS) is 17.3. The first kappa shape index (κ1) is 61.1. The van der Waals surface area contributed by atoms with E-state index in [1.54, 1.807) is 0 Å². The van der Waals surface area contributed by atoms with Crippen molar-refractivity contribution >= 4 is 92.5 Å². The van der Waals surface area contributed by atoms with Crippen LogP contribution in [0.3, 0.4) is 0 Å². The van der Waals surface area contributed by atoms with Crippen LogP contribution < -0.4 is 76.5 Å². The molecule has 12 aromatic rings. The molecule has 12 aromatic carbocycles. The molecule has 0 aromatic heterocycles. The van der Waals surface area contributed by atoms with E-state index < -0.39 is 12.0 Å². The number of para-hydroxylation sites is 2. The molecule has 8 heterocycles. The molecule has 8 aliphatic rings. The highest BCUT2D eigenvalue weighted by Crippen LogP contribution is 2.55. The van der Waals surface area contributed by atoms with Crippen molar-refractivity contribution in [1.82, 2.24) is 0 Å². The minimum absolute atomic E-state index is 0.268. The first-order valence-corrected chi connectivity index (χ1v) is 36.3. The Morgan fingerprint density at radius 3 is 1.09 bits per heavy atom. The summed E-state index contributed by atoms with van der Waals surface area (Å²) in [6.07, 6.45) is -0.758. The number of fused-ring (bicyclic) bond motifs is 16. The maximum atomic E-state index is 7.99. The number of anilines is 6. The summed E-state index contributed by atoms with van der Waals surface area (Å²) in [7, 11) is 0. The fourth-order valence-corrected chi connectivity index (χ4v) is 20.5. The maximum Gasteiger partial charge on any atom is 0.275 e. The molecule has 496 valence electrons. The molecule has 4 atom stereocenters. The largest absolute Gasteiger partial charge is 0.493 e. The Labute approximate surface area is 599 Å². The van der Waals surface area contributed by atoms with Crippen molar-refractivity contribution in [3.05, 3.63) is 264 Å². The van der Waals surface area contributed by atoms with Gasteiger partial charge in [0.25, 0.3) is 20.1 Å². The van der Waals surface area contributed by atoms with Gasteiger partial charge in [-0.05, 0) is 274 Å². The zero-order valence-electron chi connectivity index (χ0n) is 60.6. The van der Waals surface area contributed by atoms with Crippen molar-refractivity contribution in [2.24, 2.45) is 0 Å². The number of ether oxygens (including phenoxy) is 6. The van der Waals surface area contributed by atoms with Gasteiger partial charge in [-0.15, -0.1) is 0 Å². The summed E-state index contributed by atoms with van der Waals surface area (Å²) in [5, 5.41) is 0. The second-order valence-corrected chi connectivity index (χ2v) is 31.0. The molecule has 102 heavy (non-hydrogen) atoms. The summed E-state index contributed by atoms with van der Waals surface area (Å²) < 4.78 is 45.4. The Balaban J connectivity index is 0.887. The molecule has 11 heteroatoms. The molecule has 0 bridgehead atoms. The van der Waals surface area contributed by atoms with Gasteiger partial charge in [0.05, 0.1) is 11.4 Å². The minimum Gasteiger partial charge on any atom is -0.493 e. The van der Waals surface area contributed by atoms with Crippen LogP contribution in [0.15, 0.2) is 170 Å². The molecule has 20 rings (SSSR count). The Kier molecular flexibility index (Phi) is 13.0. The number of nitrogens with zero attached hydrogens (tertiary/aromatic N) is 2. The van der Waals surface area contributed by atoms with Crippen molar-refractivity contribution in [2.45, 2.75) is 128 Å². The second kappa shape index (κ2) is 21.6. The van der Waals surface area contributed by atoms with Gasteiger partial charge in [0.2, 0.25) is 0 Å². The Morgan fingerprint density at radius 2 is 0.627 bits per heavy atom. The minimum atomic E-state index is -0.395. The van der Waals surface area contributed by atoms with Crippen molar-refractivity contribution in [3.8, 4) is 79.4 Å². The molecule has 0 amide bonds. The molecule has 0 aliphatic carbocycles. The fraction of sp³-hybridized carbons (Fsp3) is 0.209. The van der Waals surface area contributed by atoms with Gasteiger partial charge in [-0.3, -0.25) is 0 Å². The van der Waals surface area contributed by atoms with Crippen LogP contribution in [-0.4, -0.2) is 32.1 Å². The SMILES string of the molecule is Cc1cc(C)c(-c2cc3c4c(c2)OC2c5ccccc5OC2B4c2cc4c(cc2O3)N(c2c(C)cc(C)cc2C)c2cc(-c3c(C)cc(C)cc3C)cc3c2B4c2cc4c(cc2O3)N(c2c(C)cc(C)cc2C)c2cc(-c3c(C)cc(C)cc3C)cc3c2B4C2Oc4ccccc4C2O3)c(C)c1. The van der Waals surface area contributed by atoms with Gasteiger partial charge >= 0.3 is 0 Å². The lowest BCUT2D eigenvalue weighted by Gasteiger charge is -2.46. The highest BCUT2D eigenvalue weighted by Gasteiger charge is 2.57. The van der Waals surface area contributed by atoms with Gasteiger partial charge in [0.1, 0.15) is 58.0 Å². The fourth-order valence-electron chi connectivity index (χ4n) is 20.5. The third-order valence-electron chi connectivity index (χ3n) is 23.6. The average Bonchev–Trinajstić information content (AvgIpc) is 0.939. The number of benzene rings is 12. The molecule has 0 fully saturated rings. The summed E-state index contributed by atoms with van der Waals surface area (Å²) in [5.41, 5.74) is 41.4. The highest BCUT2D eigenvalue weighted by atomic mass is 16.6. The Hall–Kier alpha value is -10.8. The second-order valence-electron chi connectivity index (χ2n) is 31.0. The van der Waals surface area contributed by atoms with Crippen LogP contribution in [0.5, 0.6) is 46.0 Å². The summed E-state index contributed by atoms with van der Waals surface area (Å²) in [5.74, 6) is 6.62. The van der Waals surface area contributed by atoms with Crippen molar-refractivity contribution < 1.29 is 28.4 Å². The van der Waals surface area contributed by atoms with Gasteiger partial charge in [0.15, 0.2) is 12.2 Å². The van der Waals surface area contributed by atoms with E-state index in [1.165, 1.54) is 100 Å². The first-order valence-electron chi connectivity index (χ1n) is 36.3. The predicted molar refractivity (Wildman–Crippen MR) is 419 cm³/mol. The number of hydrogen-bond donors (Lipinski definition) is 0. The molecule has 0 saturated carbocycles. The first-order chi connectivity index (χ1) is 49.2. The van der Waals surface area contributed by atoms with Crippen LogP contribution in [0, 0.1) is 104 Å². The summed E-state index contributed by atoms with van der Waals surface area (Å²) >= 11 is 0. The van der Waals surface area contributed by atoms with Gasteiger partial charge in [-0.2, -0.15) is 0 Å². The van der Waals surface area contributed by atoms with Gasteiger partial charge < -0.3 is 38.2 Å². The van der Waals surface area contributed by atoms with Crippen molar-refractivity contribution in [1.29, 1.82) is 0 Å². The number of hydrogen-bond acceptors (Lipinski definition) is 8. The maximum absolute atomic E-state index is 7.99. The topological polar surface area (TPSA) is 61.9 Å². The lowest BCUT2D eigenvalue weighted by molar-refractivity contribution is 0.128. The third-order valence-corrected chi connectivity index (χ3v) is 23.6. The van der Waals surface area contributed by atoms with Crippen molar-refractivity contribution in [2.75, 3.05) is 9.80 Å². The van der Waals surface area contributed by atoms with Crippen LogP contribution in [-0.2, 0) is 0 Å². The molecule has 0 N–H and O–H groups in total. The van der Waals surface area contributed by atoms with Crippen LogP contribution >= 0.6 is 0 Å². The zero-order valence-corrected chi connectivity index (χ0v) is 60.6. The van der Waals surface area contributed by atoms with E-state index in [1.807, 2.05) is 0 Å². The standard InChI is InChI=1S/C91H77B3N2O6/c1-44-24-49(6)80(50(7)25-44)59-34-70-83-76(36-59)97-74-43-69-65(93-84-71(96(69)87-57(14)32-48(5)33-58(87)15)35-60(81-51(8)26-45(2)27-52(81)9)37-77(84)99-88-62-20-16-18-22-72(62)101-90(88)93)41-66(74)92(83)64-40-67-75(42-68(64)95(70)86-55(12)30-47(4)31-56(86)13)98-78-38-61(82-53(10)28-46(3)29-54(82)11)39-79-85(78)94(67)91-89(100-79)63-21-17-19-23-73(63)102-91/h16-43,88-91H,1-15H3. The smallest absolute Gasteiger partial charge is 0.275 e. The third kappa shape index (κ3) is 8.66. The molecular weight excluding hydrogens is 1250 g/mol. The monoisotopic (exact) mass is 1330 g/mol. The molecule has 4 unspecified atom stereocenters. The highest BCUT2D eigenvalue weighted by molar-refractivity contribution is 7.01. The summed E-state index contributed by atoms with van der Waals surface area (Å²) in [4.78, 5) is 5.12. The Morgan fingerprint density at radius 1 is 0.275 bits per heavy atom. The zero-order chi connectivity index (χ0) is 69.6.